The normalized spacial score (nSPS) is 26.2. The number of aliphatic imine (C=N–C) groups is 1. The third-order valence-corrected chi connectivity index (χ3v) is 9.63. The van der Waals surface area contributed by atoms with Crippen molar-refractivity contribution in [3.8, 4) is 5.75 Å². The summed E-state index contributed by atoms with van der Waals surface area (Å²) in [5, 5.41) is 17.7. The molecule has 2 N–H and O–H groups in total. The van der Waals surface area contributed by atoms with Crippen molar-refractivity contribution >= 4 is 41.2 Å². The fourth-order valence-electron chi connectivity index (χ4n) is 7.06. The molecule has 1 atom stereocenters. The van der Waals surface area contributed by atoms with Crippen LogP contribution in [0.1, 0.15) is 75.6 Å². The second-order valence-corrected chi connectivity index (χ2v) is 13.3. The molecule has 4 fully saturated rings. The molecule has 1 amide bonds. The van der Waals surface area contributed by atoms with Gasteiger partial charge in [-0.05, 0) is 74.8 Å². The molecule has 230 valence electrons. The number of halogens is 4. The van der Waals surface area contributed by atoms with Crippen molar-refractivity contribution in [3.05, 3.63) is 28.8 Å². The van der Waals surface area contributed by atoms with E-state index in [9.17, 15) is 32.7 Å². The number of alkyl halides is 3. The van der Waals surface area contributed by atoms with Gasteiger partial charge in [-0.1, -0.05) is 31.5 Å². The van der Waals surface area contributed by atoms with Crippen LogP contribution in [0.5, 0.6) is 5.75 Å². The summed E-state index contributed by atoms with van der Waals surface area (Å²) < 4.78 is 49.0. The number of rotatable bonds is 11. The van der Waals surface area contributed by atoms with Gasteiger partial charge in [0.05, 0.1) is 35.2 Å². The number of hydrogen-bond acceptors (Lipinski definition) is 6. The summed E-state index contributed by atoms with van der Waals surface area (Å²) in [6.45, 7) is 3.61. The molecule has 4 saturated carbocycles. The Hall–Kier alpha value is -2.95. The van der Waals surface area contributed by atoms with E-state index in [0.29, 0.717) is 6.21 Å². The zero-order valence-electron chi connectivity index (χ0n) is 24.0. The molecule has 4 aliphatic carbocycles. The van der Waals surface area contributed by atoms with Crippen LogP contribution < -0.4 is 4.74 Å². The van der Waals surface area contributed by atoms with E-state index in [2.05, 4.69) is 18.8 Å². The van der Waals surface area contributed by atoms with E-state index in [1.54, 1.807) is 6.07 Å². The molecule has 0 aromatic heterocycles. The Morgan fingerprint density at radius 1 is 1.17 bits per heavy atom. The molecule has 4 aliphatic rings. The van der Waals surface area contributed by atoms with Gasteiger partial charge in [0, 0.05) is 12.8 Å². The minimum absolute atomic E-state index is 0.0151. The molecule has 5 rings (SSSR count). The van der Waals surface area contributed by atoms with Crippen LogP contribution in [0, 0.1) is 28.1 Å². The number of carbonyl (C=O) groups excluding carboxylic acids is 2. The Labute approximate surface area is 248 Å². The van der Waals surface area contributed by atoms with Crippen molar-refractivity contribution in [2.45, 2.75) is 76.9 Å². The Bertz CT molecular complexity index is 1260. The van der Waals surface area contributed by atoms with Gasteiger partial charge in [-0.2, -0.15) is 13.2 Å². The molecule has 1 aromatic rings. The first-order valence-electron chi connectivity index (χ1n) is 14.1. The summed E-state index contributed by atoms with van der Waals surface area (Å²) in [5.41, 5.74) is -3.43. The highest BCUT2D eigenvalue weighted by atomic mass is 35.5. The highest BCUT2D eigenvalue weighted by Gasteiger charge is 2.55. The highest BCUT2D eigenvalue weighted by molar-refractivity contribution is 6.34. The van der Waals surface area contributed by atoms with Gasteiger partial charge in [0.25, 0.3) is 0 Å². The number of aliphatic carboxylic acids is 1. The number of methoxy groups -OCH3 is 1. The second-order valence-electron chi connectivity index (χ2n) is 12.8. The first-order valence-corrected chi connectivity index (χ1v) is 14.5. The SMILES string of the molecule is COc1cccc(Cl)c1C(=O)CN(CC1CC(C)(C)C1)C(=O)C(C=N)C(=NC12CCC(C(=O)O)(CC1)CC2)C(F)(F)F. The van der Waals surface area contributed by atoms with E-state index in [-0.39, 0.29) is 72.7 Å². The van der Waals surface area contributed by atoms with E-state index in [1.165, 1.54) is 19.2 Å². The van der Waals surface area contributed by atoms with Crippen molar-refractivity contribution in [2.24, 2.45) is 27.7 Å². The summed E-state index contributed by atoms with van der Waals surface area (Å²) >= 11 is 6.28. The van der Waals surface area contributed by atoms with Crippen LogP contribution in [0.3, 0.4) is 0 Å². The van der Waals surface area contributed by atoms with Crippen LogP contribution in [-0.2, 0) is 9.59 Å². The number of nitrogens with one attached hydrogen (secondary N) is 1. The van der Waals surface area contributed by atoms with E-state index in [0.717, 1.165) is 17.7 Å². The first-order chi connectivity index (χ1) is 19.6. The maximum absolute atomic E-state index is 14.6. The van der Waals surface area contributed by atoms with Gasteiger partial charge in [0.2, 0.25) is 5.91 Å². The lowest BCUT2D eigenvalue weighted by molar-refractivity contribution is -0.156. The highest BCUT2D eigenvalue weighted by Crippen LogP contribution is 2.54. The molecular weight excluding hydrogens is 575 g/mol. The number of ether oxygens (including phenoxy) is 1. The van der Waals surface area contributed by atoms with Crippen molar-refractivity contribution in [2.75, 3.05) is 20.2 Å². The molecule has 2 bridgehead atoms. The Kier molecular flexibility index (Phi) is 8.84. The van der Waals surface area contributed by atoms with Crippen LogP contribution in [0.25, 0.3) is 0 Å². The number of hydrogen-bond donors (Lipinski definition) is 2. The van der Waals surface area contributed by atoms with Gasteiger partial charge in [0.15, 0.2) is 5.78 Å². The van der Waals surface area contributed by atoms with Crippen LogP contribution in [0.15, 0.2) is 23.2 Å². The Morgan fingerprint density at radius 3 is 2.24 bits per heavy atom. The van der Waals surface area contributed by atoms with E-state index in [1.807, 2.05) is 0 Å². The Morgan fingerprint density at radius 2 is 1.76 bits per heavy atom. The number of fused-ring (bicyclic) bond motifs is 3. The first kappa shape index (κ1) is 32.0. The standard InChI is InChI=1S/C30H37ClF3N3O5/c1-27(2)13-18(14-27)16-37(17-21(38)23-20(31)5-4-6-22(23)42-3)25(39)19(15-35)24(30(32,33)34)36-29-10-7-28(8-11-29,9-12-29)26(40)41/h4-6,15,18-19,35H,7-14,16-17H2,1-3H3,(H,40,41). The monoisotopic (exact) mass is 611 g/mol. The van der Waals surface area contributed by atoms with Gasteiger partial charge >= 0.3 is 12.1 Å². The van der Waals surface area contributed by atoms with Crippen LogP contribution in [0.4, 0.5) is 13.2 Å². The van der Waals surface area contributed by atoms with Crippen LogP contribution >= 0.6 is 11.6 Å². The third kappa shape index (κ3) is 6.35. The van der Waals surface area contributed by atoms with Crippen LogP contribution in [0.2, 0.25) is 5.02 Å². The number of carboxylic acids is 1. The molecule has 0 radical (unpaired) electrons. The van der Waals surface area contributed by atoms with Gasteiger partial charge in [0.1, 0.15) is 17.4 Å². The molecule has 0 spiro atoms. The number of carbonyl (C=O) groups is 3. The average Bonchev–Trinajstić information content (AvgIpc) is 2.91. The van der Waals surface area contributed by atoms with Gasteiger partial charge in [-0.3, -0.25) is 19.4 Å². The minimum atomic E-state index is -5.02. The van der Waals surface area contributed by atoms with Crippen LogP contribution in [-0.4, -0.2) is 71.5 Å². The lowest BCUT2D eigenvalue weighted by Crippen LogP contribution is -2.52. The zero-order chi connectivity index (χ0) is 31.1. The van der Waals surface area contributed by atoms with E-state index in [4.69, 9.17) is 21.7 Å². The lowest BCUT2D eigenvalue weighted by atomic mass is 9.57. The number of ketones is 1. The van der Waals surface area contributed by atoms with Crippen molar-refractivity contribution in [1.29, 1.82) is 5.41 Å². The minimum Gasteiger partial charge on any atom is -0.496 e. The molecule has 12 heteroatoms. The zero-order valence-corrected chi connectivity index (χ0v) is 24.8. The second kappa shape index (κ2) is 11.6. The molecule has 1 aromatic carbocycles. The number of carboxylic acid groups (broad SMARTS) is 1. The number of benzene rings is 1. The molecule has 0 aliphatic heterocycles. The predicted molar refractivity (Wildman–Crippen MR) is 152 cm³/mol. The van der Waals surface area contributed by atoms with Gasteiger partial charge in [-0.25, -0.2) is 0 Å². The molecule has 0 saturated heterocycles. The summed E-state index contributed by atoms with van der Waals surface area (Å²) in [4.78, 5) is 44.4. The summed E-state index contributed by atoms with van der Waals surface area (Å²) in [6.07, 6.45) is -2.04. The summed E-state index contributed by atoms with van der Waals surface area (Å²) in [7, 11) is 1.36. The molecule has 1 unspecified atom stereocenters. The Balaban J connectivity index is 1.66. The smallest absolute Gasteiger partial charge is 0.430 e. The fourth-order valence-corrected chi connectivity index (χ4v) is 7.33. The average molecular weight is 612 g/mol. The maximum Gasteiger partial charge on any atom is 0.430 e. The largest absolute Gasteiger partial charge is 0.496 e. The molecular formula is C30H37ClF3N3O5. The number of amides is 1. The quantitative estimate of drug-likeness (QED) is 0.227. The van der Waals surface area contributed by atoms with E-state index >= 15 is 0 Å². The summed E-state index contributed by atoms with van der Waals surface area (Å²) in [6, 6.07) is 4.60. The fraction of sp³-hybridized carbons (Fsp3) is 0.633. The third-order valence-electron chi connectivity index (χ3n) is 9.32. The van der Waals surface area contributed by atoms with E-state index < -0.39 is 53.0 Å². The predicted octanol–water partition coefficient (Wildman–Crippen LogP) is 6.24. The van der Waals surface area contributed by atoms with Gasteiger partial charge < -0.3 is 20.2 Å². The molecule has 8 nitrogen and oxygen atoms in total. The van der Waals surface area contributed by atoms with Crippen molar-refractivity contribution < 1.29 is 37.4 Å². The summed E-state index contributed by atoms with van der Waals surface area (Å²) in [5.74, 6) is -4.48. The maximum atomic E-state index is 14.6. The number of Topliss-reactive ketones (excluding diaryl/α,β-unsaturated/α-hetero) is 1. The number of nitrogens with zero attached hydrogens (tertiary/aromatic N) is 2. The van der Waals surface area contributed by atoms with Crippen molar-refractivity contribution in [1.82, 2.24) is 4.90 Å². The molecule has 0 heterocycles. The van der Waals surface area contributed by atoms with Gasteiger partial charge in [-0.15, -0.1) is 0 Å². The van der Waals surface area contributed by atoms with Crippen molar-refractivity contribution in [3.63, 3.8) is 0 Å². The topological polar surface area (TPSA) is 120 Å². The molecule has 42 heavy (non-hydrogen) atoms. The lowest BCUT2D eigenvalue weighted by Gasteiger charge is -2.49.